The highest BCUT2D eigenvalue weighted by Crippen LogP contribution is 2.15. The molecule has 0 aromatic heterocycles. The summed E-state index contributed by atoms with van der Waals surface area (Å²) in [5.41, 5.74) is 1.91. The van der Waals surface area contributed by atoms with Crippen molar-refractivity contribution in [1.29, 1.82) is 0 Å². The quantitative estimate of drug-likeness (QED) is 0.710. The number of hydrogen-bond donors (Lipinski definition) is 3. The first-order chi connectivity index (χ1) is 12.0. The standard InChI is InChI=1S/C19H30N4O2/c1-15-5-3-4-13-23(15)14-12-21-19(25)20-11-10-17-6-8-18(9-7-17)22-16(2)24/h6-9,15H,3-5,10-14H2,1-2H3,(H,22,24)(H2,20,21,25)/t15-/m0/s1. The molecule has 2 rings (SSSR count). The molecular weight excluding hydrogens is 316 g/mol. The first-order valence-corrected chi connectivity index (χ1v) is 9.17. The minimum Gasteiger partial charge on any atom is -0.338 e. The Balaban J connectivity index is 1.59. The van der Waals surface area contributed by atoms with Crippen LogP contribution in [0.25, 0.3) is 0 Å². The fourth-order valence-corrected chi connectivity index (χ4v) is 3.14. The van der Waals surface area contributed by atoms with Crippen LogP contribution in [0.5, 0.6) is 0 Å². The highest BCUT2D eigenvalue weighted by Gasteiger charge is 2.17. The van der Waals surface area contributed by atoms with Crippen molar-refractivity contribution in [2.75, 3.05) is 31.5 Å². The van der Waals surface area contributed by atoms with Gasteiger partial charge in [-0.3, -0.25) is 9.69 Å². The van der Waals surface area contributed by atoms with Crippen LogP contribution in [0.4, 0.5) is 10.5 Å². The van der Waals surface area contributed by atoms with E-state index in [9.17, 15) is 9.59 Å². The van der Waals surface area contributed by atoms with Crippen LogP contribution in [0.3, 0.4) is 0 Å². The normalized spacial score (nSPS) is 17.8. The van der Waals surface area contributed by atoms with Crippen LogP contribution in [0.2, 0.25) is 0 Å². The topological polar surface area (TPSA) is 73.5 Å². The lowest BCUT2D eigenvalue weighted by molar-refractivity contribution is -0.114. The molecule has 1 heterocycles. The van der Waals surface area contributed by atoms with E-state index in [2.05, 4.69) is 27.8 Å². The lowest BCUT2D eigenvalue weighted by Gasteiger charge is -2.33. The molecule has 3 N–H and O–H groups in total. The van der Waals surface area contributed by atoms with Crippen molar-refractivity contribution < 1.29 is 9.59 Å². The second-order valence-corrected chi connectivity index (χ2v) is 6.69. The van der Waals surface area contributed by atoms with E-state index in [0.29, 0.717) is 19.1 Å². The molecule has 1 aliphatic heterocycles. The van der Waals surface area contributed by atoms with E-state index in [-0.39, 0.29) is 11.9 Å². The number of amides is 3. The Bertz CT molecular complexity index is 559. The second kappa shape index (κ2) is 10.0. The fraction of sp³-hybridized carbons (Fsp3) is 0.579. The molecule has 0 radical (unpaired) electrons. The minimum atomic E-state index is -0.112. The van der Waals surface area contributed by atoms with E-state index >= 15 is 0 Å². The van der Waals surface area contributed by atoms with E-state index in [1.54, 1.807) is 0 Å². The SMILES string of the molecule is CC(=O)Nc1ccc(CCNC(=O)NCCN2CCCC[C@@H]2C)cc1. The molecule has 0 unspecified atom stereocenters. The van der Waals surface area contributed by atoms with Crippen LogP contribution in [-0.4, -0.2) is 49.1 Å². The Labute approximate surface area is 150 Å². The summed E-state index contributed by atoms with van der Waals surface area (Å²) in [6, 6.07) is 8.18. The maximum absolute atomic E-state index is 11.8. The number of nitrogens with zero attached hydrogens (tertiary/aromatic N) is 1. The molecule has 0 aliphatic carbocycles. The lowest BCUT2D eigenvalue weighted by Crippen LogP contribution is -2.44. The maximum atomic E-state index is 11.8. The van der Waals surface area contributed by atoms with Crippen molar-refractivity contribution in [1.82, 2.24) is 15.5 Å². The van der Waals surface area contributed by atoms with Crippen molar-refractivity contribution >= 4 is 17.6 Å². The number of rotatable bonds is 7. The number of carbonyl (C=O) groups excluding carboxylic acids is 2. The third kappa shape index (κ3) is 7.13. The molecule has 1 fully saturated rings. The van der Waals surface area contributed by atoms with Gasteiger partial charge in [0.05, 0.1) is 0 Å². The van der Waals surface area contributed by atoms with Crippen LogP contribution in [-0.2, 0) is 11.2 Å². The van der Waals surface area contributed by atoms with Crippen molar-refractivity contribution in [3.8, 4) is 0 Å². The van der Waals surface area contributed by atoms with E-state index in [1.165, 1.54) is 26.2 Å². The van der Waals surface area contributed by atoms with E-state index in [1.807, 2.05) is 24.3 Å². The van der Waals surface area contributed by atoms with Crippen molar-refractivity contribution in [2.45, 2.75) is 45.6 Å². The Hall–Kier alpha value is -2.08. The number of urea groups is 1. The van der Waals surface area contributed by atoms with Gasteiger partial charge in [0.2, 0.25) is 5.91 Å². The highest BCUT2D eigenvalue weighted by molar-refractivity contribution is 5.88. The summed E-state index contributed by atoms with van der Waals surface area (Å²) in [4.78, 5) is 25.3. The third-order valence-electron chi connectivity index (χ3n) is 4.60. The number of carbonyl (C=O) groups is 2. The van der Waals surface area contributed by atoms with Crippen LogP contribution in [0, 0.1) is 0 Å². The summed E-state index contributed by atoms with van der Waals surface area (Å²) in [5, 5.41) is 8.55. The van der Waals surface area contributed by atoms with Gasteiger partial charge in [-0.1, -0.05) is 18.6 Å². The first-order valence-electron chi connectivity index (χ1n) is 9.17. The van der Waals surface area contributed by atoms with Crippen molar-refractivity contribution in [2.24, 2.45) is 0 Å². The van der Waals surface area contributed by atoms with E-state index in [4.69, 9.17) is 0 Å². The average molecular weight is 346 g/mol. The van der Waals surface area contributed by atoms with Gasteiger partial charge in [-0.25, -0.2) is 4.79 Å². The zero-order valence-corrected chi connectivity index (χ0v) is 15.3. The van der Waals surface area contributed by atoms with Crippen LogP contribution >= 0.6 is 0 Å². The van der Waals surface area contributed by atoms with E-state index in [0.717, 1.165) is 30.8 Å². The molecule has 0 spiro atoms. The number of anilines is 1. The number of benzene rings is 1. The molecule has 1 aromatic carbocycles. The van der Waals surface area contributed by atoms with Gasteiger partial charge < -0.3 is 16.0 Å². The number of piperidine rings is 1. The molecule has 1 aliphatic rings. The summed E-state index contributed by atoms with van der Waals surface area (Å²) in [6.07, 6.45) is 4.60. The molecule has 25 heavy (non-hydrogen) atoms. The predicted octanol–water partition coefficient (Wildman–Crippen LogP) is 2.36. The third-order valence-corrected chi connectivity index (χ3v) is 4.60. The zero-order valence-electron chi connectivity index (χ0n) is 15.3. The zero-order chi connectivity index (χ0) is 18.1. The highest BCUT2D eigenvalue weighted by atomic mass is 16.2. The molecular formula is C19H30N4O2. The molecule has 6 heteroatoms. The molecule has 138 valence electrons. The summed E-state index contributed by atoms with van der Waals surface area (Å²) in [6.45, 7) is 7.07. The van der Waals surface area contributed by atoms with E-state index < -0.39 is 0 Å². The van der Waals surface area contributed by atoms with Gasteiger partial charge in [0.1, 0.15) is 0 Å². The van der Waals surface area contributed by atoms with Gasteiger partial charge in [-0.05, 0) is 50.4 Å². The Morgan fingerprint density at radius 2 is 1.84 bits per heavy atom. The summed E-state index contributed by atoms with van der Waals surface area (Å²) in [7, 11) is 0. The molecule has 0 bridgehead atoms. The molecule has 1 atom stereocenters. The maximum Gasteiger partial charge on any atom is 0.314 e. The van der Waals surface area contributed by atoms with Crippen LogP contribution in [0.1, 0.15) is 38.7 Å². The molecule has 3 amide bonds. The smallest absolute Gasteiger partial charge is 0.314 e. The Kier molecular flexibility index (Phi) is 7.73. The van der Waals surface area contributed by atoms with Crippen molar-refractivity contribution in [3.05, 3.63) is 29.8 Å². The van der Waals surface area contributed by atoms with Gasteiger partial charge >= 0.3 is 6.03 Å². The minimum absolute atomic E-state index is 0.0787. The van der Waals surface area contributed by atoms with Gasteiger partial charge in [0.25, 0.3) is 0 Å². The largest absolute Gasteiger partial charge is 0.338 e. The van der Waals surface area contributed by atoms with Crippen LogP contribution < -0.4 is 16.0 Å². The monoisotopic (exact) mass is 346 g/mol. The number of hydrogen-bond acceptors (Lipinski definition) is 3. The van der Waals surface area contributed by atoms with Gasteiger partial charge in [0.15, 0.2) is 0 Å². The molecule has 0 saturated carbocycles. The molecule has 1 aromatic rings. The summed E-state index contributed by atoms with van der Waals surface area (Å²) in [5.74, 6) is -0.0787. The van der Waals surface area contributed by atoms with Crippen LogP contribution in [0.15, 0.2) is 24.3 Å². The Morgan fingerprint density at radius 1 is 1.12 bits per heavy atom. The lowest BCUT2D eigenvalue weighted by atomic mass is 10.0. The van der Waals surface area contributed by atoms with Gasteiger partial charge in [0, 0.05) is 38.3 Å². The second-order valence-electron chi connectivity index (χ2n) is 6.69. The number of likely N-dealkylation sites (tertiary alicyclic amines) is 1. The Morgan fingerprint density at radius 3 is 2.52 bits per heavy atom. The summed E-state index contributed by atoms with van der Waals surface area (Å²) >= 11 is 0. The number of nitrogens with one attached hydrogen (secondary N) is 3. The average Bonchev–Trinajstić information content (AvgIpc) is 2.58. The fourth-order valence-electron chi connectivity index (χ4n) is 3.14. The predicted molar refractivity (Wildman–Crippen MR) is 101 cm³/mol. The summed E-state index contributed by atoms with van der Waals surface area (Å²) < 4.78 is 0. The first kappa shape index (κ1) is 19.2. The molecule has 1 saturated heterocycles. The molecule has 6 nitrogen and oxygen atoms in total. The van der Waals surface area contributed by atoms with Gasteiger partial charge in [-0.2, -0.15) is 0 Å². The van der Waals surface area contributed by atoms with Gasteiger partial charge in [-0.15, -0.1) is 0 Å². The van der Waals surface area contributed by atoms with Crippen molar-refractivity contribution in [3.63, 3.8) is 0 Å².